The number of aliphatic hydroxyl groups is 10. The van der Waals surface area contributed by atoms with Crippen LogP contribution in [0.1, 0.15) is 42.0 Å². The molecule has 30 nitrogen and oxygen atoms in total. The Hall–Kier alpha value is -9.00. The first kappa shape index (κ1) is 117. The lowest BCUT2D eigenvalue weighted by molar-refractivity contribution is 0.0536. The molecule has 0 fully saturated rings. The summed E-state index contributed by atoms with van der Waals surface area (Å²) in [6, 6.07) is 60.5. The zero-order valence-electron chi connectivity index (χ0n) is 74.6. The molecule has 136 heavy (non-hydrogen) atoms. The van der Waals surface area contributed by atoms with Crippen molar-refractivity contribution in [2.45, 2.75) is 122 Å². The number of ether oxygens (including phenoxy) is 10. The lowest BCUT2D eigenvalue weighted by Crippen LogP contribution is -2.21. The van der Waals surface area contributed by atoms with Gasteiger partial charge in [0.15, 0.2) is 0 Å². The minimum absolute atomic E-state index is 0. The number of benzene rings is 10. The highest BCUT2D eigenvalue weighted by Crippen LogP contribution is 2.33. The number of hydrogen-bond donors (Lipinski definition) is 10. The first-order valence-corrected chi connectivity index (χ1v) is 52.2. The van der Waals surface area contributed by atoms with Gasteiger partial charge in [-0.25, -0.2) is 42.1 Å². The van der Waals surface area contributed by atoms with Gasteiger partial charge in [0, 0.05) is 59.0 Å². The summed E-state index contributed by atoms with van der Waals surface area (Å²) < 4.78 is 181. The summed E-state index contributed by atoms with van der Waals surface area (Å²) in [5.74, 6) is 8.38. The Balaban J connectivity index is 0.000000300. The zero-order valence-corrected chi connectivity index (χ0v) is 82.4. The molecule has 10 rings (SSSR count). The Kier molecular flexibility index (Phi) is 51.9. The van der Waals surface area contributed by atoms with Gasteiger partial charge >= 0.3 is 0 Å². The molecule has 10 aromatic rings. The maximum atomic E-state index is 12.7. The van der Waals surface area contributed by atoms with Crippen LogP contribution in [0.2, 0.25) is 0 Å². The number of rotatable bonds is 50. The second-order valence-corrected chi connectivity index (χ2v) is 42.1. The molecule has 0 heterocycles. The highest BCUT2D eigenvalue weighted by Gasteiger charge is 2.25. The molecule has 10 aromatic carbocycles. The van der Waals surface area contributed by atoms with E-state index in [1.54, 1.807) is 60.7 Å². The lowest BCUT2D eigenvalue weighted by Gasteiger charge is -2.12. The van der Waals surface area contributed by atoms with E-state index < -0.39 is 113 Å². The average molecular weight is 2090 g/mol. The Bertz CT molecular complexity index is 4530. The van der Waals surface area contributed by atoms with Crippen LogP contribution in [0.15, 0.2) is 292 Å². The molecule has 0 saturated carbocycles. The van der Waals surface area contributed by atoms with E-state index in [1.165, 1.54) is 182 Å². The summed E-state index contributed by atoms with van der Waals surface area (Å²) in [6.45, 7) is 9.70. The SMILES string of the molecule is C.CC(CCl)COc1ccc(S(=O)(=O)c2ccc(OCC(O)CO)cc2)cc1.C[C@@H](CCl)COc1ccc(S(=O)(=O)c2ccc(OC[C@@H](O)CO)cc2)cc1.C[C@@H](CCl)COc1ccc(S(=O)(=O)c2ccc(OC[C@H](O)CO)cc2)cc1.C[C@H](CCl)COc1ccc(S(=O)(=O)c2ccc(OC[C@@H](O)CO)cc2)cc1.C[C@H](CCl)COc1ccc(S(=O)(=O)c2ccc(OC[C@H](O)CO)cc2)cc1. The van der Waals surface area contributed by atoms with E-state index in [4.69, 9.17) is 131 Å². The number of aliphatic hydroxyl groups excluding tert-OH is 10. The van der Waals surface area contributed by atoms with Gasteiger partial charge in [0.25, 0.3) is 0 Å². The van der Waals surface area contributed by atoms with Gasteiger partial charge in [-0.05, 0) is 243 Å². The van der Waals surface area contributed by atoms with E-state index >= 15 is 0 Å². The van der Waals surface area contributed by atoms with E-state index in [-0.39, 0.29) is 119 Å². The minimum Gasteiger partial charge on any atom is -0.493 e. The summed E-state index contributed by atoms with van der Waals surface area (Å²) in [6.07, 6.45) is -4.92. The second-order valence-electron chi connectivity index (χ2n) is 30.8. The molecule has 0 aliphatic carbocycles. The fourth-order valence-corrected chi connectivity index (χ4v) is 17.2. The molecule has 0 saturated heterocycles. The van der Waals surface area contributed by atoms with Crippen LogP contribution in [-0.2, 0) is 49.2 Å². The van der Waals surface area contributed by atoms with Crippen LogP contribution in [0, 0.1) is 29.6 Å². The molecule has 0 radical (unpaired) electrons. The van der Waals surface area contributed by atoms with E-state index in [2.05, 4.69) is 0 Å². The molecular weight excluding hydrogens is 1970 g/mol. The first-order valence-electron chi connectivity index (χ1n) is 42.1. The highest BCUT2D eigenvalue weighted by atomic mass is 35.5. The summed E-state index contributed by atoms with van der Waals surface area (Å²) in [4.78, 5) is 1.42. The fourth-order valence-electron chi connectivity index (χ4n) is 10.5. The molecular formula is C96H119Cl5O30S5. The smallest absolute Gasteiger partial charge is 0.206 e. The quantitative estimate of drug-likeness (QED) is 0.0158. The predicted octanol–water partition coefficient (Wildman–Crippen LogP) is 13.2. The van der Waals surface area contributed by atoms with Gasteiger partial charge in [-0.1, -0.05) is 42.0 Å². The van der Waals surface area contributed by atoms with Gasteiger partial charge in [0.1, 0.15) is 121 Å². The van der Waals surface area contributed by atoms with Crippen LogP contribution >= 0.6 is 58.0 Å². The third-order valence-electron chi connectivity index (χ3n) is 18.6. The molecule has 0 aliphatic heterocycles. The Labute approximate surface area is 821 Å². The number of alkyl halides is 5. The molecule has 0 aliphatic rings. The van der Waals surface area contributed by atoms with E-state index in [1.807, 2.05) is 34.6 Å². The summed E-state index contributed by atoms with van der Waals surface area (Å²) in [5.41, 5.74) is 0. The van der Waals surface area contributed by atoms with Crippen molar-refractivity contribution in [1.29, 1.82) is 0 Å². The van der Waals surface area contributed by atoms with Gasteiger partial charge in [0.05, 0.1) is 115 Å². The maximum absolute atomic E-state index is 12.7. The number of sulfone groups is 5. The largest absolute Gasteiger partial charge is 0.493 e. The molecule has 748 valence electrons. The fraction of sp³-hybridized carbons (Fsp3) is 0.375. The Morgan fingerprint density at radius 3 is 0.360 bits per heavy atom. The number of hydrogen-bond acceptors (Lipinski definition) is 30. The Morgan fingerprint density at radius 1 is 0.191 bits per heavy atom. The van der Waals surface area contributed by atoms with E-state index in [9.17, 15) is 67.6 Å². The van der Waals surface area contributed by atoms with Gasteiger partial charge in [-0.3, -0.25) is 0 Å². The van der Waals surface area contributed by atoms with Crippen LogP contribution < -0.4 is 47.4 Å². The minimum atomic E-state index is -3.67. The molecule has 40 heteroatoms. The summed E-state index contributed by atoms with van der Waals surface area (Å²) in [5, 5.41) is 90.1. The topological polar surface area (TPSA) is 465 Å². The van der Waals surface area contributed by atoms with Gasteiger partial charge in [-0.15, -0.1) is 58.0 Å². The predicted molar refractivity (Wildman–Crippen MR) is 518 cm³/mol. The molecule has 10 atom stereocenters. The summed E-state index contributed by atoms with van der Waals surface area (Å²) in [7, 11) is -18.3. The van der Waals surface area contributed by atoms with Crippen molar-refractivity contribution in [1.82, 2.24) is 0 Å². The van der Waals surface area contributed by atoms with Crippen molar-refractivity contribution >= 4 is 107 Å². The third-order valence-corrected chi connectivity index (χ3v) is 30.2. The van der Waals surface area contributed by atoms with Crippen molar-refractivity contribution in [2.75, 3.05) is 129 Å². The van der Waals surface area contributed by atoms with Crippen LogP contribution in [0.4, 0.5) is 0 Å². The summed E-state index contributed by atoms with van der Waals surface area (Å²) >= 11 is 28.7. The van der Waals surface area contributed by atoms with Gasteiger partial charge in [0.2, 0.25) is 49.2 Å². The van der Waals surface area contributed by atoms with Crippen molar-refractivity contribution in [2.24, 2.45) is 29.6 Å². The average Bonchev–Trinajstić information content (AvgIpc) is 0.821. The molecule has 0 spiro atoms. The monoisotopic (exact) mass is 2090 g/mol. The zero-order chi connectivity index (χ0) is 99.3. The molecule has 0 bridgehead atoms. The molecule has 0 amide bonds. The van der Waals surface area contributed by atoms with Crippen molar-refractivity contribution in [3.63, 3.8) is 0 Å². The Morgan fingerprint density at radius 2 is 0.279 bits per heavy atom. The first-order chi connectivity index (χ1) is 64.3. The van der Waals surface area contributed by atoms with Crippen molar-refractivity contribution < 1.29 is 141 Å². The standard InChI is InChI=1S/5C19H23ClO6S.CH4/c5*1-14(10-20)12-25-16-2-6-18(7-3-16)27(23,24)19-8-4-17(5-9-19)26-13-15(22)11-21;/h5*2-9,14-15,21-22H,10-13H2,1H3;1H4/t2*14-,15+;2*14-,15-;;/m1010../s1. The van der Waals surface area contributed by atoms with E-state index in [0.717, 1.165) is 0 Å². The molecule has 10 N–H and O–H groups in total. The molecule has 2 unspecified atom stereocenters. The number of halogens is 5. The van der Waals surface area contributed by atoms with Crippen LogP contribution in [-0.4, -0.2) is 252 Å². The van der Waals surface area contributed by atoms with Gasteiger partial charge in [-0.2, -0.15) is 0 Å². The van der Waals surface area contributed by atoms with Gasteiger partial charge < -0.3 is 98.4 Å². The highest BCUT2D eigenvalue weighted by molar-refractivity contribution is 7.92. The van der Waals surface area contributed by atoms with Crippen LogP contribution in [0.3, 0.4) is 0 Å². The van der Waals surface area contributed by atoms with Crippen LogP contribution in [0.5, 0.6) is 57.5 Å². The van der Waals surface area contributed by atoms with E-state index in [0.29, 0.717) is 120 Å². The van der Waals surface area contributed by atoms with Crippen LogP contribution in [0.25, 0.3) is 0 Å². The molecule has 0 aromatic heterocycles. The van der Waals surface area contributed by atoms with Crippen molar-refractivity contribution in [3.8, 4) is 57.5 Å². The lowest BCUT2D eigenvalue weighted by atomic mass is 10.2. The normalized spacial score (nSPS) is 13.7. The maximum Gasteiger partial charge on any atom is 0.206 e. The van der Waals surface area contributed by atoms with Crippen molar-refractivity contribution in [3.05, 3.63) is 243 Å². The second kappa shape index (κ2) is 60.1. The third kappa shape index (κ3) is 39.4.